The fourth-order valence-corrected chi connectivity index (χ4v) is 4.16. The van der Waals surface area contributed by atoms with E-state index in [9.17, 15) is 0 Å². The quantitative estimate of drug-likeness (QED) is 0.736. The van der Waals surface area contributed by atoms with Crippen molar-refractivity contribution in [1.82, 2.24) is 9.88 Å². The molecule has 0 N–H and O–H groups in total. The van der Waals surface area contributed by atoms with Crippen molar-refractivity contribution in [2.75, 3.05) is 11.4 Å². The van der Waals surface area contributed by atoms with E-state index in [1.165, 1.54) is 24.0 Å². The molecule has 1 aliphatic rings. The molecule has 1 atom stereocenters. The van der Waals surface area contributed by atoms with Crippen molar-refractivity contribution >= 4 is 5.82 Å². The number of hydrogen-bond acceptors (Lipinski definition) is 3. The minimum absolute atomic E-state index is 0.442. The molecule has 3 nitrogen and oxygen atoms in total. The lowest BCUT2D eigenvalue weighted by atomic mass is 10.0. The smallest absolute Gasteiger partial charge is 0.133 e. The second kappa shape index (κ2) is 8.01. The van der Waals surface area contributed by atoms with E-state index in [-0.39, 0.29) is 0 Å². The summed E-state index contributed by atoms with van der Waals surface area (Å²) in [5.74, 6) is 1.16. The summed E-state index contributed by atoms with van der Waals surface area (Å²) >= 11 is 0. The van der Waals surface area contributed by atoms with E-state index < -0.39 is 0 Å². The number of pyridine rings is 1. The second-order valence-electron chi connectivity index (χ2n) is 7.63. The van der Waals surface area contributed by atoms with Crippen molar-refractivity contribution in [2.45, 2.75) is 65.2 Å². The molecule has 0 spiro atoms. The molecule has 0 aliphatic carbocycles. The third-order valence-corrected chi connectivity index (χ3v) is 5.13. The third kappa shape index (κ3) is 4.04. The molecular formula is C22H31N3. The highest BCUT2D eigenvalue weighted by Crippen LogP contribution is 2.38. The van der Waals surface area contributed by atoms with Gasteiger partial charge in [-0.1, -0.05) is 36.4 Å². The maximum atomic E-state index is 4.81. The zero-order valence-corrected chi connectivity index (χ0v) is 16.0. The Kier molecular flexibility index (Phi) is 5.74. The topological polar surface area (TPSA) is 19.4 Å². The normalized spacial score (nSPS) is 18.2. The first kappa shape index (κ1) is 17.9. The highest BCUT2D eigenvalue weighted by atomic mass is 15.2. The van der Waals surface area contributed by atoms with Crippen LogP contribution in [-0.2, 0) is 6.54 Å². The zero-order chi connectivity index (χ0) is 17.8. The van der Waals surface area contributed by atoms with Gasteiger partial charge in [-0.2, -0.15) is 0 Å². The molecule has 3 rings (SSSR count). The summed E-state index contributed by atoms with van der Waals surface area (Å²) in [4.78, 5) is 9.88. The molecule has 1 aromatic heterocycles. The Morgan fingerprint density at radius 1 is 1.04 bits per heavy atom. The van der Waals surface area contributed by atoms with Crippen molar-refractivity contribution in [2.24, 2.45) is 0 Å². The van der Waals surface area contributed by atoms with Gasteiger partial charge in [0.1, 0.15) is 5.82 Å². The SMILES string of the molecule is CC(C)N(c1ncccc1C1CCCN1Cc1ccccc1)C(C)C. The first-order chi connectivity index (χ1) is 12.1. The molecule has 0 bridgehead atoms. The van der Waals surface area contributed by atoms with Crippen LogP contribution >= 0.6 is 0 Å². The highest BCUT2D eigenvalue weighted by Gasteiger charge is 2.30. The molecule has 0 amide bonds. The first-order valence-corrected chi connectivity index (χ1v) is 9.59. The fourth-order valence-electron chi connectivity index (χ4n) is 4.16. The molecule has 2 aromatic rings. The van der Waals surface area contributed by atoms with Gasteiger partial charge < -0.3 is 4.90 Å². The van der Waals surface area contributed by atoms with E-state index in [4.69, 9.17) is 4.98 Å². The van der Waals surface area contributed by atoms with Crippen LogP contribution in [0.5, 0.6) is 0 Å². The van der Waals surface area contributed by atoms with E-state index in [2.05, 4.69) is 80.0 Å². The Balaban J connectivity index is 1.90. The van der Waals surface area contributed by atoms with Crippen LogP contribution in [0, 0.1) is 0 Å². The summed E-state index contributed by atoms with van der Waals surface area (Å²) in [6.07, 6.45) is 4.41. The third-order valence-electron chi connectivity index (χ3n) is 5.13. The first-order valence-electron chi connectivity index (χ1n) is 9.59. The second-order valence-corrected chi connectivity index (χ2v) is 7.63. The van der Waals surface area contributed by atoms with Crippen LogP contribution in [0.4, 0.5) is 5.82 Å². The molecule has 3 heteroatoms. The largest absolute Gasteiger partial charge is 0.351 e. The number of likely N-dealkylation sites (tertiary alicyclic amines) is 1. The Morgan fingerprint density at radius 2 is 1.76 bits per heavy atom. The Hall–Kier alpha value is -1.87. The van der Waals surface area contributed by atoms with Gasteiger partial charge in [0.15, 0.2) is 0 Å². The van der Waals surface area contributed by atoms with E-state index in [1.807, 2.05) is 6.20 Å². The molecule has 1 fully saturated rings. The minimum atomic E-state index is 0.442. The van der Waals surface area contributed by atoms with Crippen LogP contribution in [0.3, 0.4) is 0 Å². The number of hydrogen-bond donors (Lipinski definition) is 0. The van der Waals surface area contributed by atoms with Crippen LogP contribution in [-0.4, -0.2) is 28.5 Å². The summed E-state index contributed by atoms with van der Waals surface area (Å²) in [5.41, 5.74) is 2.78. The number of rotatable bonds is 6. The van der Waals surface area contributed by atoms with Crippen molar-refractivity contribution in [3.63, 3.8) is 0 Å². The average Bonchev–Trinajstić information content (AvgIpc) is 3.03. The van der Waals surface area contributed by atoms with Gasteiger partial charge in [-0.15, -0.1) is 0 Å². The summed E-state index contributed by atoms with van der Waals surface area (Å²) in [6, 6.07) is 16.5. The van der Waals surface area contributed by atoms with E-state index in [0.717, 1.165) is 18.9 Å². The lowest BCUT2D eigenvalue weighted by Crippen LogP contribution is -2.39. The van der Waals surface area contributed by atoms with Gasteiger partial charge in [-0.25, -0.2) is 4.98 Å². The van der Waals surface area contributed by atoms with Gasteiger partial charge in [0.2, 0.25) is 0 Å². The number of aromatic nitrogens is 1. The maximum absolute atomic E-state index is 4.81. The van der Waals surface area contributed by atoms with Gasteiger partial charge in [0, 0.05) is 36.4 Å². The number of anilines is 1. The number of nitrogens with zero attached hydrogens (tertiary/aromatic N) is 3. The van der Waals surface area contributed by atoms with Crippen LogP contribution in [0.25, 0.3) is 0 Å². The average molecular weight is 338 g/mol. The molecule has 1 unspecified atom stereocenters. The molecule has 0 saturated carbocycles. The predicted molar refractivity (Wildman–Crippen MR) is 106 cm³/mol. The van der Waals surface area contributed by atoms with Gasteiger partial charge >= 0.3 is 0 Å². The van der Waals surface area contributed by atoms with Crippen LogP contribution in [0.15, 0.2) is 48.7 Å². The van der Waals surface area contributed by atoms with Gasteiger partial charge in [0.25, 0.3) is 0 Å². The Morgan fingerprint density at radius 3 is 2.44 bits per heavy atom. The minimum Gasteiger partial charge on any atom is -0.351 e. The molecule has 25 heavy (non-hydrogen) atoms. The molecule has 1 aliphatic heterocycles. The summed E-state index contributed by atoms with van der Waals surface area (Å²) in [5, 5.41) is 0. The van der Waals surface area contributed by atoms with Crippen LogP contribution < -0.4 is 4.90 Å². The standard InChI is InChI=1S/C22H31N3/c1-17(2)25(18(3)4)22-20(12-8-14-23-22)21-13-9-15-24(21)16-19-10-6-5-7-11-19/h5-8,10-12,14,17-18,21H,9,13,15-16H2,1-4H3. The lowest BCUT2D eigenvalue weighted by molar-refractivity contribution is 0.248. The highest BCUT2D eigenvalue weighted by molar-refractivity contribution is 5.50. The Bertz CT molecular complexity index is 658. The van der Waals surface area contributed by atoms with E-state index in [1.54, 1.807) is 0 Å². The van der Waals surface area contributed by atoms with Crippen LogP contribution in [0.2, 0.25) is 0 Å². The van der Waals surface area contributed by atoms with Gasteiger partial charge in [-0.3, -0.25) is 4.90 Å². The Labute approximate surface area is 152 Å². The summed E-state index contributed by atoms with van der Waals surface area (Å²) < 4.78 is 0. The molecule has 1 saturated heterocycles. The van der Waals surface area contributed by atoms with Crippen molar-refractivity contribution < 1.29 is 0 Å². The molecule has 1 aromatic carbocycles. The fraction of sp³-hybridized carbons (Fsp3) is 0.500. The monoisotopic (exact) mass is 337 g/mol. The van der Waals surface area contributed by atoms with Crippen molar-refractivity contribution in [3.8, 4) is 0 Å². The zero-order valence-electron chi connectivity index (χ0n) is 16.0. The predicted octanol–water partition coefficient (Wildman–Crippen LogP) is 5.04. The molecular weight excluding hydrogens is 306 g/mol. The summed E-state index contributed by atoms with van der Waals surface area (Å²) in [7, 11) is 0. The van der Waals surface area contributed by atoms with Gasteiger partial charge in [0.05, 0.1) is 0 Å². The lowest BCUT2D eigenvalue weighted by Gasteiger charge is -2.36. The van der Waals surface area contributed by atoms with E-state index in [0.29, 0.717) is 18.1 Å². The number of benzene rings is 1. The molecule has 0 radical (unpaired) electrons. The van der Waals surface area contributed by atoms with Crippen molar-refractivity contribution in [1.29, 1.82) is 0 Å². The molecule has 2 heterocycles. The maximum Gasteiger partial charge on any atom is 0.133 e. The van der Waals surface area contributed by atoms with Crippen LogP contribution in [0.1, 0.15) is 57.7 Å². The van der Waals surface area contributed by atoms with Crippen molar-refractivity contribution in [3.05, 3.63) is 59.8 Å². The summed E-state index contributed by atoms with van der Waals surface area (Å²) in [6.45, 7) is 11.2. The van der Waals surface area contributed by atoms with Gasteiger partial charge in [-0.05, 0) is 58.7 Å². The van der Waals surface area contributed by atoms with E-state index >= 15 is 0 Å². The molecule has 134 valence electrons.